The van der Waals surface area contributed by atoms with Crippen molar-refractivity contribution in [1.82, 2.24) is 4.72 Å². The second-order valence-corrected chi connectivity index (χ2v) is 21.1. The number of nitrogens with one attached hydrogen (secondary N) is 3. The number of methoxy groups -OCH3 is 1. The van der Waals surface area contributed by atoms with E-state index in [9.17, 15) is 79.7 Å². The Hall–Kier alpha value is -2.17. The highest BCUT2D eigenvalue weighted by Gasteiger charge is 2.56. The van der Waals surface area contributed by atoms with Gasteiger partial charge < -0.3 is 70.1 Å². The Morgan fingerprint density at radius 1 is 0.879 bits per heavy atom. The molecule has 1 aromatic rings. The number of hydrogen-bond acceptors (Lipinski definition) is 24. The van der Waals surface area contributed by atoms with Crippen molar-refractivity contribution >= 4 is 75.9 Å². The second-order valence-electron chi connectivity index (χ2n) is 14.9. The summed E-state index contributed by atoms with van der Waals surface area (Å²) in [6.07, 6.45) is -25.2. The van der Waals surface area contributed by atoms with Crippen LogP contribution in [0.3, 0.4) is 0 Å². The number of carbonyl (C=O) groups excluding carboxylic acids is 1. The van der Waals surface area contributed by atoms with E-state index in [2.05, 4.69) is 19.0 Å². The molecule has 3 aliphatic rings. The van der Waals surface area contributed by atoms with Gasteiger partial charge in [-0.15, -0.1) is 0 Å². The Labute approximate surface area is 386 Å². The molecule has 3 heterocycles. The topological polar surface area (TPSA) is 440 Å². The van der Waals surface area contributed by atoms with Gasteiger partial charge in [-0.25, -0.2) is 13.2 Å². The maximum absolute atomic E-state index is 12.5. The monoisotopic (exact) mass is 1050 g/mol. The van der Waals surface area contributed by atoms with Crippen LogP contribution in [0.25, 0.3) is 0 Å². The van der Waals surface area contributed by atoms with Crippen molar-refractivity contribution in [3.8, 4) is 0 Å². The molecule has 0 radical (unpaired) electrons. The number of carboxylic acid groups (broad SMARTS) is 1. The fourth-order valence-electron chi connectivity index (χ4n) is 6.86. The van der Waals surface area contributed by atoms with Gasteiger partial charge in [0.05, 0.1) is 19.3 Å². The minimum atomic E-state index is -5.64. The van der Waals surface area contributed by atoms with Crippen molar-refractivity contribution in [2.75, 3.05) is 43.3 Å². The number of amides is 1. The van der Waals surface area contributed by atoms with Crippen LogP contribution in [0, 0.1) is 0 Å². The first kappa shape index (κ1) is 56.4. The van der Waals surface area contributed by atoms with E-state index in [-0.39, 0.29) is 5.91 Å². The first-order chi connectivity index (χ1) is 30.8. The minimum absolute atomic E-state index is 0.200. The summed E-state index contributed by atoms with van der Waals surface area (Å²) in [5, 5.41) is 81.0. The Morgan fingerprint density at radius 2 is 1.56 bits per heavy atom. The van der Waals surface area contributed by atoms with Gasteiger partial charge in [0.25, 0.3) is 0 Å². The van der Waals surface area contributed by atoms with Gasteiger partial charge in [-0.05, 0) is 37.5 Å². The summed E-state index contributed by atoms with van der Waals surface area (Å²) >= 11 is 0. The van der Waals surface area contributed by atoms with Crippen molar-refractivity contribution < 1.29 is 116 Å². The van der Waals surface area contributed by atoms with Gasteiger partial charge in [0.2, 0.25) is 5.91 Å². The van der Waals surface area contributed by atoms with Crippen LogP contribution in [0.4, 0.5) is 11.4 Å². The highest BCUT2D eigenvalue weighted by Crippen LogP contribution is 2.40. The van der Waals surface area contributed by atoms with Gasteiger partial charge in [0.15, 0.2) is 24.8 Å². The molecule has 15 atom stereocenters. The van der Waals surface area contributed by atoms with E-state index in [1.165, 1.54) is 4.72 Å². The average molecular weight is 1050 g/mol. The summed E-state index contributed by atoms with van der Waals surface area (Å²) in [6.45, 7) is -2.83. The van der Waals surface area contributed by atoms with Crippen molar-refractivity contribution in [3.05, 3.63) is 24.3 Å². The SMILES string of the molecule is CO[C@H]1[C@H](O)[C@@H](NS(=O)(=O)O)[C@@H](O[C@H]2[C@H](O)[C@@H](OS(=O)(=O)O)[C@H](OC[C@@H](O)[C@@H](O)[C@H](O)[C@@H](O)CNc3cccc(NC(=O)CCCCC4CCSS4)c3)O[C@H]2C(=O)O)O[C@@H]1COS(=O)(=O)O. The standard InChI is InChI=1S/C33H53N3O25S5/c1-55-27-20(14-57-65(49,50)51)58-32(22(25(27)42)36-64(46,47)48)59-28-26(43)29(61-66(52,53)54)33(60-30(28)31(44)45)56-13-19(38)24(41)23(40)18(37)12-34-15-5-4-6-16(11-15)35-21(39)8-3-2-7-17-9-10-62-63-17/h4-6,11,17-20,22-30,32-34,36-38,40-43H,2-3,7-10,12-14H2,1H3,(H,35,39)(H,44,45)(H,46,47,48)(H,49,50,51)(H,52,53,54)/t17?,18-,19+,20+,22+,23+,24+,25+,26-,27+,28-,29+,30+,32+,33+/m0/s1. The molecule has 0 aliphatic carbocycles. The van der Waals surface area contributed by atoms with Crippen molar-refractivity contribution in [1.29, 1.82) is 0 Å². The summed E-state index contributed by atoms with van der Waals surface area (Å²) in [7, 11) is -11.5. The number of ether oxygens (including phenoxy) is 5. The normalized spacial score (nSPS) is 30.5. The zero-order valence-corrected chi connectivity index (χ0v) is 38.6. The van der Waals surface area contributed by atoms with Crippen LogP contribution in [0.15, 0.2) is 24.3 Å². The van der Waals surface area contributed by atoms with E-state index in [1.807, 2.05) is 21.6 Å². The van der Waals surface area contributed by atoms with Gasteiger partial charge in [0.1, 0.15) is 54.9 Å². The van der Waals surface area contributed by atoms with Crippen LogP contribution in [0.5, 0.6) is 0 Å². The first-order valence-electron chi connectivity index (χ1n) is 19.6. The lowest BCUT2D eigenvalue weighted by molar-refractivity contribution is -0.340. The number of aliphatic hydroxyl groups is 6. The largest absolute Gasteiger partial charge is 0.479 e. The zero-order valence-electron chi connectivity index (χ0n) is 34.5. The number of benzene rings is 1. The predicted octanol–water partition coefficient (Wildman–Crippen LogP) is -3.36. The van der Waals surface area contributed by atoms with E-state index in [4.69, 9.17) is 28.2 Å². The van der Waals surface area contributed by atoms with Crippen molar-refractivity contribution in [3.63, 3.8) is 0 Å². The van der Waals surface area contributed by atoms with Gasteiger partial charge in [0, 0.05) is 42.5 Å². The Kier molecular flexibility index (Phi) is 21.5. The van der Waals surface area contributed by atoms with Gasteiger partial charge in [-0.3, -0.25) is 18.5 Å². The molecule has 33 heteroatoms. The summed E-state index contributed by atoms with van der Waals surface area (Å²) in [5.74, 6) is -1.12. The third-order valence-corrected chi connectivity index (χ3v) is 14.5. The molecule has 1 unspecified atom stereocenters. The third-order valence-electron chi connectivity index (χ3n) is 10.0. The molecular weight excluding hydrogens is 999 g/mol. The first-order valence-corrected chi connectivity index (χ1v) is 26.2. The summed E-state index contributed by atoms with van der Waals surface area (Å²) in [5.41, 5.74) is 0.810. The maximum atomic E-state index is 12.5. The number of aliphatic carboxylic acids is 1. The van der Waals surface area contributed by atoms with E-state index >= 15 is 0 Å². The number of rotatable bonds is 26. The molecule has 66 heavy (non-hydrogen) atoms. The van der Waals surface area contributed by atoms with Crippen LogP contribution >= 0.6 is 21.6 Å². The van der Waals surface area contributed by atoms with E-state index in [0.29, 0.717) is 29.5 Å². The van der Waals surface area contributed by atoms with Crippen LogP contribution in [-0.2, 0) is 72.7 Å². The number of carboxylic acids is 1. The molecular formula is C33H53N3O25S5. The van der Waals surface area contributed by atoms with Crippen molar-refractivity contribution in [2.45, 2.75) is 123 Å². The summed E-state index contributed by atoms with van der Waals surface area (Å²) in [4.78, 5) is 24.9. The molecule has 1 aromatic carbocycles. The third kappa shape index (κ3) is 17.7. The lowest BCUT2D eigenvalue weighted by Gasteiger charge is -2.47. The van der Waals surface area contributed by atoms with Gasteiger partial charge in [-0.2, -0.15) is 30.0 Å². The van der Waals surface area contributed by atoms with Crippen molar-refractivity contribution in [2.24, 2.45) is 0 Å². The fourth-order valence-corrected chi connectivity index (χ4v) is 11.3. The van der Waals surface area contributed by atoms with Crippen LogP contribution in [0.1, 0.15) is 32.1 Å². The fraction of sp³-hybridized carbons (Fsp3) is 0.758. The molecule has 1 amide bonds. The molecule has 28 nitrogen and oxygen atoms in total. The molecule has 0 saturated carbocycles. The Balaban J connectivity index is 1.40. The molecule has 3 fully saturated rings. The number of aliphatic hydroxyl groups excluding tert-OH is 6. The van der Waals surface area contributed by atoms with Crippen LogP contribution in [-0.4, -0.2) is 210 Å². The van der Waals surface area contributed by atoms with E-state index in [1.54, 1.807) is 24.3 Å². The number of unbranched alkanes of at least 4 members (excludes halogenated alkanes) is 1. The molecule has 3 saturated heterocycles. The predicted molar refractivity (Wildman–Crippen MR) is 225 cm³/mol. The van der Waals surface area contributed by atoms with Crippen LogP contribution < -0.4 is 15.4 Å². The minimum Gasteiger partial charge on any atom is -0.479 e. The molecule has 0 spiro atoms. The summed E-state index contributed by atoms with van der Waals surface area (Å²) < 4.78 is 134. The molecule has 0 bridgehead atoms. The number of carbonyl (C=O) groups is 2. The van der Waals surface area contributed by atoms with Crippen LogP contribution in [0.2, 0.25) is 0 Å². The lowest BCUT2D eigenvalue weighted by atomic mass is 9.95. The van der Waals surface area contributed by atoms with Gasteiger partial charge in [-0.1, -0.05) is 34.1 Å². The lowest BCUT2D eigenvalue weighted by Crippen LogP contribution is -2.68. The Morgan fingerprint density at radius 3 is 2.17 bits per heavy atom. The van der Waals surface area contributed by atoms with E-state index < -0.39 is 143 Å². The highest BCUT2D eigenvalue weighted by molar-refractivity contribution is 8.77. The molecule has 4 rings (SSSR count). The quantitative estimate of drug-likeness (QED) is 0.0245. The zero-order chi connectivity index (χ0) is 49.1. The smallest absolute Gasteiger partial charge is 0.397 e. The number of anilines is 2. The van der Waals surface area contributed by atoms with Gasteiger partial charge >= 0.3 is 37.1 Å². The molecule has 0 aromatic heterocycles. The Bertz CT molecular complexity index is 2070. The molecule has 13 N–H and O–H groups in total. The second kappa shape index (κ2) is 25.1. The number of hydrogen-bond donors (Lipinski definition) is 13. The summed E-state index contributed by atoms with van der Waals surface area (Å²) in [6, 6.07) is 4.13. The molecule has 3 aliphatic heterocycles. The highest BCUT2D eigenvalue weighted by atomic mass is 33.1. The molecule has 380 valence electrons. The average Bonchev–Trinajstić information content (AvgIpc) is 3.75. The van der Waals surface area contributed by atoms with E-state index in [0.717, 1.165) is 32.1 Å². The maximum Gasteiger partial charge on any atom is 0.397 e.